The molecule has 2 rings (SSSR count). The van der Waals surface area contributed by atoms with Crippen LogP contribution >= 0.6 is 0 Å². The molecule has 0 atom stereocenters. The van der Waals surface area contributed by atoms with Crippen LogP contribution < -0.4 is 10.1 Å². The van der Waals surface area contributed by atoms with Gasteiger partial charge in [0.2, 0.25) is 0 Å². The first-order valence-electron chi connectivity index (χ1n) is 7.53. The van der Waals surface area contributed by atoms with Crippen molar-refractivity contribution in [1.29, 1.82) is 0 Å². The Morgan fingerprint density at radius 1 is 1.19 bits per heavy atom. The van der Waals surface area contributed by atoms with Crippen LogP contribution in [0.4, 0.5) is 5.82 Å². The fourth-order valence-electron chi connectivity index (χ4n) is 2.26. The number of nitrogens with one attached hydrogen (secondary N) is 1. The number of rotatable bonds is 8. The van der Waals surface area contributed by atoms with E-state index in [4.69, 9.17) is 4.74 Å². The summed E-state index contributed by atoms with van der Waals surface area (Å²) in [5.41, 5.74) is 1.73. The largest absolute Gasteiger partial charge is 0.497 e. The highest BCUT2D eigenvalue weighted by molar-refractivity contribution is 5.77. The maximum Gasteiger partial charge on any atom is 0.145 e. The predicted molar refractivity (Wildman–Crippen MR) is 87.0 cm³/mol. The van der Waals surface area contributed by atoms with Gasteiger partial charge in [-0.25, -0.2) is 4.98 Å². The van der Waals surface area contributed by atoms with Gasteiger partial charge in [0.25, 0.3) is 0 Å². The fraction of sp³-hybridized carbons (Fsp3) is 0.500. The minimum absolute atomic E-state index is 0.801. The third kappa shape index (κ3) is 4.29. The highest BCUT2D eigenvalue weighted by Crippen LogP contribution is 2.18. The van der Waals surface area contributed by atoms with Crippen molar-refractivity contribution in [1.82, 2.24) is 14.9 Å². The topological polar surface area (TPSA) is 50.3 Å². The van der Waals surface area contributed by atoms with Gasteiger partial charge in [-0.2, -0.15) is 0 Å². The van der Waals surface area contributed by atoms with Crippen molar-refractivity contribution < 1.29 is 4.74 Å². The summed E-state index contributed by atoms with van der Waals surface area (Å²) in [5, 5.41) is 3.34. The number of hydrogen-bond acceptors (Lipinski definition) is 5. The summed E-state index contributed by atoms with van der Waals surface area (Å²) in [4.78, 5) is 11.4. The molecule has 1 aromatic heterocycles. The van der Waals surface area contributed by atoms with Crippen LogP contribution in [0.1, 0.15) is 20.3 Å². The van der Waals surface area contributed by atoms with Crippen LogP contribution in [-0.2, 0) is 0 Å². The van der Waals surface area contributed by atoms with Gasteiger partial charge in [-0.3, -0.25) is 4.98 Å². The molecule has 0 aliphatic carbocycles. The molecule has 0 bridgehead atoms. The number of benzene rings is 1. The quantitative estimate of drug-likeness (QED) is 0.757. The van der Waals surface area contributed by atoms with Crippen LogP contribution in [0.2, 0.25) is 0 Å². The number of methoxy groups -OCH3 is 1. The van der Waals surface area contributed by atoms with E-state index in [0.29, 0.717) is 0 Å². The number of aromatic nitrogens is 2. The van der Waals surface area contributed by atoms with Crippen molar-refractivity contribution >= 4 is 16.9 Å². The minimum atomic E-state index is 0.801. The summed E-state index contributed by atoms with van der Waals surface area (Å²) in [6.45, 7) is 8.60. The molecule has 1 N–H and O–H groups in total. The number of anilines is 1. The molecular formula is C16H24N4O. The first kappa shape index (κ1) is 15.5. The molecule has 1 aromatic carbocycles. The first-order valence-corrected chi connectivity index (χ1v) is 7.53. The molecule has 1 heterocycles. The number of nitrogens with zero attached hydrogens (tertiary/aromatic N) is 3. The fourth-order valence-corrected chi connectivity index (χ4v) is 2.26. The van der Waals surface area contributed by atoms with Gasteiger partial charge in [0, 0.05) is 12.6 Å². The SMILES string of the molecule is CCN(CC)CCCNc1cnc2ccc(OC)cc2n1. The smallest absolute Gasteiger partial charge is 0.145 e. The average molecular weight is 288 g/mol. The first-order chi connectivity index (χ1) is 10.3. The van der Waals surface area contributed by atoms with Gasteiger partial charge in [-0.1, -0.05) is 13.8 Å². The van der Waals surface area contributed by atoms with Gasteiger partial charge >= 0.3 is 0 Å². The summed E-state index contributed by atoms with van der Waals surface area (Å²) in [5.74, 6) is 1.62. The second-order valence-electron chi connectivity index (χ2n) is 4.92. The van der Waals surface area contributed by atoms with E-state index in [1.54, 1.807) is 13.3 Å². The summed E-state index contributed by atoms with van der Waals surface area (Å²) in [6.07, 6.45) is 2.88. The Kier molecular flexibility index (Phi) is 5.75. The molecule has 0 fully saturated rings. The van der Waals surface area contributed by atoms with Crippen molar-refractivity contribution in [3.05, 3.63) is 24.4 Å². The van der Waals surface area contributed by atoms with E-state index >= 15 is 0 Å². The van der Waals surface area contributed by atoms with E-state index < -0.39 is 0 Å². The third-order valence-electron chi connectivity index (χ3n) is 3.60. The zero-order valence-electron chi connectivity index (χ0n) is 13.1. The second kappa shape index (κ2) is 7.78. The highest BCUT2D eigenvalue weighted by atomic mass is 16.5. The van der Waals surface area contributed by atoms with Crippen molar-refractivity contribution in [2.24, 2.45) is 0 Å². The molecule has 21 heavy (non-hydrogen) atoms. The van der Waals surface area contributed by atoms with E-state index in [2.05, 4.69) is 34.0 Å². The van der Waals surface area contributed by atoms with E-state index in [1.807, 2.05) is 18.2 Å². The van der Waals surface area contributed by atoms with Gasteiger partial charge in [-0.15, -0.1) is 0 Å². The lowest BCUT2D eigenvalue weighted by Gasteiger charge is -2.17. The van der Waals surface area contributed by atoms with Gasteiger partial charge < -0.3 is 15.0 Å². The Hall–Kier alpha value is -1.88. The minimum Gasteiger partial charge on any atom is -0.497 e. The predicted octanol–water partition coefficient (Wildman–Crippen LogP) is 2.78. The molecular weight excluding hydrogens is 264 g/mol. The summed E-state index contributed by atoms with van der Waals surface area (Å²) in [6, 6.07) is 5.73. The lowest BCUT2D eigenvalue weighted by molar-refractivity contribution is 0.303. The zero-order chi connectivity index (χ0) is 15.1. The van der Waals surface area contributed by atoms with E-state index in [0.717, 1.165) is 55.2 Å². The zero-order valence-corrected chi connectivity index (χ0v) is 13.1. The Morgan fingerprint density at radius 2 is 2.00 bits per heavy atom. The molecule has 0 aliphatic heterocycles. The molecule has 0 radical (unpaired) electrons. The standard InChI is InChI=1S/C16H24N4O/c1-4-20(5-2)10-6-9-17-16-12-18-14-8-7-13(21-3)11-15(14)19-16/h7-8,11-12H,4-6,9-10H2,1-3H3,(H,17,19). The number of ether oxygens (including phenoxy) is 1. The monoisotopic (exact) mass is 288 g/mol. The molecule has 114 valence electrons. The molecule has 0 unspecified atom stereocenters. The maximum absolute atomic E-state index is 5.22. The Labute approximate surface area is 126 Å². The lowest BCUT2D eigenvalue weighted by Crippen LogP contribution is -2.25. The van der Waals surface area contributed by atoms with Gasteiger partial charge in [0.05, 0.1) is 24.3 Å². The molecule has 0 saturated heterocycles. The molecule has 0 aliphatic rings. The van der Waals surface area contributed by atoms with Crippen LogP contribution in [-0.4, -0.2) is 48.2 Å². The van der Waals surface area contributed by atoms with E-state index in [1.165, 1.54) is 0 Å². The maximum atomic E-state index is 5.22. The summed E-state index contributed by atoms with van der Waals surface area (Å²) >= 11 is 0. The Bertz CT molecular complexity index is 569. The summed E-state index contributed by atoms with van der Waals surface area (Å²) < 4.78 is 5.22. The molecule has 0 saturated carbocycles. The Morgan fingerprint density at radius 3 is 2.71 bits per heavy atom. The summed E-state index contributed by atoms with van der Waals surface area (Å²) in [7, 11) is 1.66. The van der Waals surface area contributed by atoms with Crippen LogP contribution in [0.15, 0.2) is 24.4 Å². The van der Waals surface area contributed by atoms with E-state index in [9.17, 15) is 0 Å². The highest BCUT2D eigenvalue weighted by Gasteiger charge is 2.02. The van der Waals surface area contributed by atoms with Gasteiger partial charge in [0.1, 0.15) is 11.6 Å². The number of hydrogen-bond donors (Lipinski definition) is 1. The van der Waals surface area contributed by atoms with Crippen LogP contribution in [0.3, 0.4) is 0 Å². The van der Waals surface area contributed by atoms with Crippen molar-refractivity contribution in [2.75, 3.05) is 38.6 Å². The van der Waals surface area contributed by atoms with Crippen molar-refractivity contribution in [3.63, 3.8) is 0 Å². The molecule has 5 nitrogen and oxygen atoms in total. The van der Waals surface area contributed by atoms with Crippen LogP contribution in [0, 0.1) is 0 Å². The third-order valence-corrected chi connectivity index (χ3v) is 3.60. The Balaban J connectivity index is 1.93. The molecule has 5 heteroatoms. The van der Waals surface area contributed by atoms with Gasteiger partial charge in [-0.05, 0) is 38.2 Å². The van der Waals surface area contributed by atoms with Gasteiger partial charge in [0.15, 0.2) is 0 Å². The van der Waals surface area contributed by atoms with Crippen LogP contribution in [0.25, 0.3) is 11.0 Å². The molecule has 2 aromatic rings. The molecule has 0 spiro atoms. The van der Waals surface area contributed by atoms with Crippen LogP contribution in [0.5, 0.6) is 5.75 Å². The van der Waals surface area contributed by atoms with Crippen molar-refractivity contribution in [3.8, 4) is 5.75 Å². The molecule has 0 amide bonds. The average Bonchev–Trinajstić information content (AvgIpc) is 2.54. The number of fused-ring (bicyclic) bond motifs is 1. The normalized spacial score (nSPS) is 11.0. The van der Waals surface area contributed by atoms with E-state index in [-0.39, 0.29) is 0 Å². The van der Waals surface area contributed by atoms with Crippen molar-refractivity contribution in [2.45, 2.75) is 20.3 Å². The lowest BCUT2D eigenvalue weighted by atomic mass is 10.3. The second-order valence-corrected chi connectivity index (χ2v) is 4.92.